The highest BCUT2D eigenvalue weighted by molar-refractivity contribution is 7.89. The van der Waals surface area contributed by atoms with E-state index in [1.54, 1.807) is 0 Å². The highest BCUT2D eigenvalue weighted by atomic mass is 35.5. The molecule has 1 N–H and O–H groups in total. The summed E-state index contributed by atoms with van der Waals surface area (Å²) in [6.07, 6.45) is 0.600. The smallest absolute Gasteiger partial charge is 0.214 e. The minimum absolute atomic E-state index is 0.00739. The Bertz CT molecular complexity index is 265. The Balaban J connectivity index is 4.13. The van der Waals surface area contributed by atoms with Crippen molar-refractivity contribution in [2.24, 2.45) is 0 Å². The number of sulfonamides is 1. The molecule has 0 aliphatic rings. The van der Waals surface area contributed by atoms with Gasteiger partial charge in [-0.3, -0.25) is 0 Å². The molecule has 0 bridgehead atoms. The van der Waals surface area contributed by atoms with Gasteiger partial charge in [0.2, 0.25) is 10.0 Å². The van der Waals surface area contributed by atoms with E-state index in [0.717, 1.165) is 0 Å². The molecule has 0 aromatic heterocycles. The van der Waals surface area contributed by atoms with Gasteiger partial charge in [0.05, 0.1) is 12.4 Å². The van der Waals surface area contributed by atoms with Crippen molar-refractivity contribution in [2.75, 3.05) is 24.8 Å². The molecule has 0 rings (SSSR count). The van der Waals surface area contributed by atoms with Gasteiger partial charge >= 0.3 is 0 Å². The summed E-state index contributed by atoms with van der Waals surface area (Å²) in [7, 11) is -3.27. The van der Waals surface area contributed by atoms with Crippen LogP contribution in [0.25, 0.3) is 0 Å². The third-order valence-corrected chi connectivity index (χ3v) is 3.61. The molecular formula is C9H20ClNO3S. The van der Waals surface area contributed by atoms with Crippen molar-refractivity contribution < 1.29 is 13.2 Å². The lowest BCUT2D eigenvalue weighted by atomic mass is 10.0. The molecular weight excluding hydrogens is 238 g/mol. The van der Waals surface area contributed by atoms with Crippen LogP contribution in [0.15, 0.2) is 0 Å². The Morgan fingerprint density at radius 3 is 2.47 bits per heavy atom. The Labute approximate surface area is 97.4 Å². The van der Waals surface area contributed by atoms with Gasteiger partial charge < -0.3 is 4.74 Å². The molecule has 0 amide bonds. The molecule has 0 aliphatic carbocycles. The lowest BCUT2D eigenvalue weighted by Crippen LogP contribution is -2.45. The van der Waals surface area contributed by atoms with Crippen LogP contribution in [0, 0.1) is 0 Å². The van der Waals surface area contributed by atoms with Crippen LogP contribution in [0.2, 0.25) is 0 Å². The highest BCUT2D eigenvalue weighted by Crippen LogP contribution is 2.10. The molecule has 0 atom stereocenters. The first-order valence-corrected chi connectivity index (χ1v) is 7.17. The maximum atomic E-state index is 11.6. The van der Waals surface area contributed by atoms with Gasteiger partial charge in [0.15, 0.2) is 0 Å². The van der Waals surface area contributed by atoms with E-state index < -0.39 is 15.6 Å². The zero-order chi connectivity index (χ0) is 11.9. The van der Waals surface area contributed by atoms with Crippen LogP contribution in [0.4, 0.5) is 0 Å². The van der Waals surface area contributed by atoms with Crippen molar-refractivity contribution in [3.63, 3.8) is 0 Å². The van der Waals surface area contributed by atoms with Crippen molar-refractivity contribution in [1.29, 1.82) is 0 Å². The third-order valence-electron chi connectivity index (χ3n) is 1.85. The predicted octanol–water partition coefficient (Wildman–Crippen LogP) is 1.35. The van der Waals surface area contributed by atoms with E-state index in [0.29, 0.717) is 18.9 Å². The number of hydrogen-bond donors (Lipinski definition) is 1. The maximum Gasteiger partial charge on any atom is 0.214 e. The average Bonchev–Trinajstić information content (AvgIpc) is 2.01. The van der Waals surface area contributed by atoms with E-state index >= 15 is 0 Å². The molecule has 0 heterocycles. The molecule has 0 aromatic rings. The van der Waals surface area contributed by atoms with Gasteiger partial charge in [0.25, 0.3) is 0 Å². The van der Waals surface area contributed by atoms with Gasteiger partial charge in [-0.1, -0.05) is 0 Å². The van der Waals surface area contributed by atoms with Crippen LogP contribution in [-0.4, -0.2) is 38.8 Å². The van der Waals surface area contributed by atoms with Gasteiger partial charge in [-0.15, -0.1) is 11.6 Å². The zero-order valence-electron chi connectivity index (χ0n) is 9.55. The molecule has 6 heteroatoms. The second-order valence-corrected chi connectivity index (χ2v) is 6.16. The summed E-state index contributed by atoms with van der Waals surface area (Å²) in [5, 5.41) is 0. The van der Waals surface area contributed by atoms with Crippen molar-refractivity contribution in [3.8, 4) is 0 Å². The first-order chi connectivity index (χ1) is 6.83. The molecule has 15 heavy (non-hydrogen) atoms. The monoisotopic (exact) mass is 257 g/mol. The number of rotatable bonds is 8. The summed E-state index contributed by atoms with van der Waals surface area (Å²) < 4.78 is 30.7. The number of ether oxygens (including phenoxy) is 1. The lowest BCUT2D eigenvalue weighted by Gasteiger charge is -2.24. The Hall–Kier alpha value is 0.160. The molecule has 0 saturated heterocycles. The van der Waals surface area contributed by atoms with Gasteiger partial charge in [0.1, 0.15) is 0 Å². The van der Waals surface area contributed by atoms with Crippen LogP contribution >= 0.6 is 11.6 Å². The lowest BCUT2D eigenvalue weighted by molar-refractivity contribution is 0.163. The second-order valence-electron chi connectivity index (χ2n) is 3.94. The summed E-state index contributed by atoms with van der Waals surface area (Å²) in [6.45, 7) is 6.21. The first kappa shape index (κ1) is 15.2. The molecule has 0 spiro atoms. The fraction of sp³-hybridized carbons (Fsp3) is 1.00. The zero-order valence-corrected chi connectivity index (χ0v) is 11.1. The number of hydrogen-bond acceptors (Lipinski definition) is 3. The SMILES string of the molecule is CCOCCS(=O)(=O)NC(C)(C)CCCl. The van der Waals surface area contributed by atoms with Gasteiger partial charge in [-0.05, 0) is 27.2 Å². The molecule has 0 saturated carbocycles. The van der Waals surface area contributed by atoms with Crippen molar-refractivity contribution in [2.45, 2.75) is 32.7 Å². The minimum Gasteiger partial charge on any atom is -0.381 e. The summed E-state index contributed by atoms with van der Waals surface area (Å²) in [5.74, 6) is 0.424. The Morgan fingerprint density at radius 2 is 2.00 bits per heavy atom. The van der Waals surface area contributed by atoms with E-state index in [4.69, 9.17) is 16.3 Å². The van der Waals surface area contributed by atoms with E-state index in [9.17, 15) is 8.42 Å². The fourth-order valence-corrected chi connectivity index (χ4v) is 2.93. The van der Waals surface area contributed by atoms with Crippen LogP contribution in [0.1, 0.15) is 27.2 Å². The largest absolute Gasteiger partial charge is 0.381 e. The molecule has 0 radical (unpaired) electrons. The molecule has 92 valence electrons. The van der Waals surface area contributed by atoms with E-state index in [1.807, 2.05) is 20.8 Å². The summed E-state index contributed by atoms with van der Waals surface area (Å²) in [6, 6.07) is 0. The topological polar surface area (TPSA) is 55.4 Å². The Morgan fingerprint density at radius 1 is 1.40 bits per heavy atom. The molecule has 0 aromatic carbocycles. The number of halogens is 1. The molecule has 4 nitrogen and oxygen atoms in total. The quantitative estimate of drug-likeness (QED) is 0.528. The highest BCUT2D eigenvalue weighted by Gasteiger charge is 2.23. The molecule has 0 fully saturated rings. The summed E-state index contributed by atoms with van der Waals surface area (Å²) in [5.41, 5.74) is -0.493. The van der Waals surface area contributed by atoms with Gasteiger partial charge in [-0.25, -0.2) is 13.1 Å². The second kappa shape index (κ2) is 6.68. The molecule has 0 aliphatic heterocycles. The minimum atomic E-state index is -3.27. The van der Waals surface area contributed by atoms with E-state index in [2.05, 4.69) is 4.72 Å². The number of nitrogens with one attached hydrogen (secondary N) is 1. The Kier molecular flexibility index (Phi) is 6.75. The fourth-order valence-electron chi connectivity index (χ4n) is 1.07. The van der Waals surface area contributed by atoms with Crippen LogP contribution < -0.4 is 4.72 Å². The van der Waals surface area contributed by atoms with Gasteiger partial charge in [0, 0.05) is 18.0 Å². The maximum absolute atomic E-state index is 11.6. The summed E-state index contributed by atoms with van der Waals surface area (Å²) in [4.78, 5) is 0. The summed E-state index contributed by atoms with van der Waals surface area (Å²) >= 11 is 5.58. The normalized spacial score (nSPS) is 13.1. The van der Waals surface area contributed by atoms with Crippen LogP contribution in [0.5, 0.6) is 0 Å². The predicted molar refractivity (Wildman–Crippen MR) is 62.8 cm³/mol. The van der Waals surface area contributed by atoms with E-state index in [1.165, 1.54) is 0 Å². The van der Waals surface area contributed by atoms with Crippen molar-refractivity contribution in [1.82, 2.24) is 4.72 Å². The van der Waals surface area contributed by atoms with Crippen LogP contribution in [0.3, 0.4) is 0 Å². The first-order valence-electron chi connectivity index (χ1n) is 4.98. The van der Waals surface area contributed by atoms with Crippen molar-refractivity contribution in [3.05, 3.63) is 0 Å². The van der Waals surface area contributed by atoms with Crippen LogP contribution in [-0.2, 0) is 14.8 Å². The average molecular weight is 258 g/mol. The standard InChI is InChI=1S/C9H20ClNO3S/c1-4-14-7-8-15(12,13)11-9(2,3)5-6-10/h11H,4-8H2,1-3H3. The van der Waals surface area contributed by atoms with Gasteiger partial charge in [-0.2, -0.15) is 0 Å². The molecule has 0 unspecified atom stereocenters. The van der Waals surface area contributed by atoms with Crippen molar-refractivity contribution >= 4 is 21.6 Å². The third kappa shape index (κ3) is 8.02. The number of alkyl halides is 1. The van der Waals surface area contributed by atoms with E-state index in [-0.39, 0.29) is 12.4 Å².